The molecule has 1 amide bonds. The Kier molecular flexibility index (Phi) is 6.68. The number of nitrogens with zero attached hydrogens (tertiary/aromatic N) is 1. The van der Waals surface area contributed by atoms with Crippen molar-refractivity contribution >= 4 is 21.6 Å². The molecule has 33 heavy (non-hydrogen) atoms. The maximum Gasteiger partial charge on any atom is 0.258 e. The van der Waals surface area contributed by atoms with Crippen LogP contribution in [0.1, 0.15) is 47.8 Å². The number of anilines is 1. The van der Waals surface area contributed by atoms with Gasteiger partial charge >= 0.3 is 0 Å². The molecule has 1 aliphatic heterocycles. The van der Waals surface area contributed by atoms with Crippen LogP contribution < -0.4 is 9.62 Å². The number of carbonyl (C=O) groups excluding carboxylic acids is 1. The summed E-state index contributed by atoms with van der Waals surface area (Å²) in [6.07, 6.45) is 1.70. The third-order valence-corrected chi connectivity index (χ3v) is 7.37. The van der Waals surface area contributed by atoms with Crippen LogP contribution in [-0.2, 0) is 29.4 Å². The maximum absolute atomic E-state index is 13.1. The van der Waals surface area contributed by atoms with E-state index in [9.17, 15) is 13.2 Å². The summed E-state index contributed by atoms with van der Waals surface area (Å²) in [5.41, 5.74) is 4.53. The van der Waals surface area contributed by atoms with Gasteiger partial charge in [0.1, 0.15) is 0 Å². The van der Waals surface area contributed by atoms with Crippen molar-refractivity contribution in [2.24, 2.45) is 5.92 Å². The first-order valence-corrected chi connectivity index (χ1v) is 12.8. The molecule has 0 spiro atoms. The lowest BCUT2D eigenvalue weighted by atomic mass is 10.0. The van der Waals surface area contributed by atoms with E-state index in [1.165, 1.54) is 0 Å². The molecule has 0 aromatic heterocycles. The summed E-state index contributed by atoms with van der Waals surface area (Å²) in [6.45, 7) is 6.47. The Morgan fingerprint density at radius 1 is 1.00 bits per heavy atom. The molecule has 4 rings (SSSR count). The number of hydrogen-bond acceptors (Lipinski definition) is 3. The normalized spacial score (nSPS) is 15.6. The van der Waals surface area contributed by atoms with Gasteiger partial charge in [-0.2, -0.15) is 0 Å². The largest absolute Gasteiger partial charge is 0.305 e. The van der Waals surface area contributed by atoms with Crippen molar-refractivity contribution in [3.8, 4) is 0 Å². The van der Waals surface area contributed by atoms with Gasteiger partial charge in [-0.05, 0) is 72.7 Å². The molecule has 3 aromatic rings. The van der Waals surface area contributed by atoms with Crippen LogP contribution in [-0.4, -0.2) is 20.4 Å². The third-order valence-electron chi connectivity index (χ3n) is 5.95. The lowest BCUT2D eigenvalue weighted by molar-refractivity contribution is 0.0981. The summed E-state index contributed by atoms with van der Waals surface area (Å²) in [5.74, 6) is 0.475. The average molecular weight is 463 g/mol. The van der Waals surface area contributed by atoms with Gasteiger partial charge in [-0.25, -0.2) is 13.1 Å². The van der Waals surface area contributed by atoms with Crippen molar-refractivity contribution in [3.63, 3.8) is 0 Å². The van der Waals surface area contributed by atoms with E-state index in [1.807, 2.05) is 72.5 Å². The van der Waals surface area contributed by atoms with Gasteiger partial charge in [0.05, 0.1) is 4.90 Å². The van der Waals surface area contributed by atoms with Crippen molar-refractivity contribution in [1.29, 1.82) is 0 Å². The van der Waals surface area contributed by atoms with Crippen LogP contribution in [0.5, 0.6) is 0 Å². The van der Waals surface area contributed by atoms with Crippen molar-refractivity contribution in [1.82, 2.24) is 4.72 Å². The van der Waals surface area contributed by atoms with E-state index < -0.39 is 10.0 Å². The van der Waals surface area contributed by atoms with E-state index in [0.29, 0.717) is 11.5 Å². The van der Waals surface area contributed by atoms with Gasteiger partial charge in [0.15, 0.2) is 0 Å². The molecule has 0 bridgehead atoms. The van der Waals surface area contributed by atoms with Crippen LogP contribution in [0.4, 0.5) is 5.69 Å². The first-order chi connectivity index (χ1) is 15.7. The smallest absolute Gasteiger partial charge is 0.258 e. The molecule has 0 radical (unpaired) electrons. The molecule has 0 unspecified atom stereocenters. The van der Waals surface area contributed by atoms with E-state index in [4.69, 9.17) is 0 Å². The fourth-order valence-corrected chi connectivity index (χ4v) is 5.35. The molecule has 1 atom stereocenters. The number of benzene rings is 3. The molecular formula is C27H30N2O3S. The number of rotatable bonds is 7. The first-order valence-electron chi connectivity index (χ1n) is 11.3. The number of nitrogens with one attached hydrogen (secondary N) is 1. The molecule has 6 heteroatoms. The zero-order valence-corrected chi connectivity index (χ0v) is 20.1. The van der Waals surface area contributed by atoms with Gasteiger partial charge in [0.2, 0.25) is 10.0 Å². The molecule has 5 nitrogen and oxygen atoms in total. The van der Waals surface area contributed by atoms with Crippen LogP contribution in [0.25, 0.3) is 0 Å². The summed E-state index contributed by atoms with van der Waals surface area (Å²) in [7, 11) is -3.63. The zero-order chi connectivity index (χ0) is 23.6. The summed E-state index contributed by atoms with van der Waals surface area (Å²) in [4.78, 5) is 15.2. The lowest BCUT2D eigenvalue weighted by Gasteiger charge is -2.23. The highest BCUT2D eigenvalue weighted by molar-refractivity contribution is 7.89. The van der Waals surface area contributed by atoms with Gasteiger partial charge in [-0.15, -0.1) is 0 Å². The molecule has 1 N–H and O–H groups in total. The van der Waals surface area contributed by atoms with E-state index in [-0.39, 0.29) is 23.4 Å². The maximum atomic E-state index is 13.1. The Balaban J connectivity index is 1.50. The average Bonchev–Trinajstić information content (AvgIpc) is 3.12. The van der Waals surface area contributed by atoms with Gasteiger partial charge in [-0.3, -0.25) is 4.79 Å². The molecule has 0 aliphatic carbocycles. The Hall–Kier alpha value is -2.96. The fraction of sp³-hybridized carbons (Fsp3) is 0.296. The van der Waals surface area contributed by atoms with Crippen LogP contribution in [0, 0.1) is 5.92 Å². The number of carbonyl (C=O) groups is 1. The topological polar surface area (TPSA) is 66.5 Å². The number of amides is 1. The predicted octanol–water partition coefficient (Wildman–Crippen LogP) is 4.96. The highest BCUT2D eigenvalue weighted by Crippen LogP contribution is 2.34. The highest BCUT2D eigenvalue weighted by Gasteiger charge is 2.31. The van der Waals surface area contributed by atoms with E-state index in [2.05, 4.69) is 18.6 Å². The Morgan fingerprint density at radius 2 is 1.67 bits per heavy atom. The monoisotopic (exact) mass is 462 g/mol. The minimum atomic E-state index is -3.63. The molecule has 0 saturated carbocycles. The standard InChI is InChI=1S/C27H30N2O3S/c1-19(2)15-21-10-13-25(14-11-21)33(31,32)28-18-22-9-12-24-16-20(3)29(26(24)17-22)27(30)23-7-5-4-6-8-23/h4-14,17,19-20,28H,15-16,18H2,1-3H3/t20-/m1/s1. The van der Waals surface area contributed by atoms with Crippen LogP contribution in [0.15, 0.2) is 77.7 Å². The summed E-state index contributed by atoms with van der Waals surface area (Å²) in [5, 5.41) is 0. The van der Waals surface area contributed by atoms with Crippen LogP contribution >= 0.6 is 0 Å². The SMILES string of the molecule is CC(C)Cc1ccc(S(=O)(=O)NCc2ccc3c(c2)N(C(=O)c2ccccc2)[C@H](C)C3)cc1. The van der Waals surface area contributed by atoms with Crippen molar-refractivity contribution < 1.29 is 13.2 Å². The Labute approximate surface area is 196 Å². The summed E-state index contributed by atoms with van der Waals surface area (Å²) < 4.78 is 28.3. The zero-order valence-electron chi connectivity index (χ0n) is 19.3. The lowest BCUT2D eigenvalue weighted by Crippen LogP contribution is -2.35. The van der Waals surface area contributed by atoms with Crippen molar-refractivity contribution in [2.45, 2.75) is 51.1 Å². The quantitative estimate of drug-likeness (QED) is 0.540. The molecule has 3 aromatic carbocycles. The third kappa shape index (κ3) is 5.18. The minimum Gasteiger partial charge on any atom is -0.305 e. The number of sulfonamides is 1. The second kappa shape index (κ2) is 9.49. The van der Waals surface area contributed by atoms with Crippen LogP contribution in [0.2, 0.25) is 0 Å². The first kappa shape index (κ1) is 23.2. The van der Waals surface area contributed by atoms with Gasteiger partial charge in [0, 0.05) is 23.8 Å². The Morgan fingerprint density at radius 3 is 2.33 bits per heavy atom. The predicted molar refractivity (Wildman–Crippen MR) is 132 cm³/mol. The molecule has 1 aliphatic rings. The van der Waals surface area contributed by atoms with Gasteiger partial charge in [-0.1, -0.05) is 56.3 Å². The van der Waals surface area contributed by atoms with E-state index >= 15 is 0 Å². The molecule has 0 fully saturated rings. The molecule has 1 heterocycles. The minimum absolute atomic E-state index is 0.0407. The number of hydrogen-bond donors (Lipinski definition) is 1. The van der Waals surface area contributed by atoms with E-state index in [0.717, 1.165) is 35.2 Å². The van der Waals surface area contributed by atoms with Crippen molar-refractivity contribution in [2.75, 3.05) is 4.90 Å². The van der Waals surface area contributed by atoms with Gasteiger partial charge in [0.25, 0.3) is 5.91 Å². The molecular weight excluding hydrogens is 432 g/mol. The second-order valence-electron chi connectivity index (χ2n) is 9.12. The molecule has 172 valence electrons. The highest BCUT2D eigenvalue weighted by atomic mass is 32.2. The summed E-state index contributed by atoms with van der Waals surface area (Å²) in [6, 6.07) is 22.2. The van der Waals surface area contributed by atoms with Gasteiger partial charge < -0.3 is 4.90 Å². The molecule has 0 saturated heterocycles. The summed E-state index contributed by atoms with van der Waals surface area (Å²) >= 11 is 0. The Bertz CT molecular complexity index is 1240. The van der Waals surface area contributed by atoms with Crippen molar-refractivity contribution in [3.05, 3.63) is 95.1 Å². The van der Waals surface area contributed by atoms with E-state index in [1.54, 1.807) is 12.1 Å². The second-order valence-corrected chi connectivity index (χ2v) is 10.9. The fourth-order valence-electron chi connectivity index (χ4n) is 4.33. The number of fused-ring (bicyclic) bond motifs is 1. The van der Waals surface area contributed by atoms with Crippen LogP contribution in [0.3, 0.4) is 0 Å².